The normalized spacial score (nSPS) is 14.2. The molecule has 0 aliphatic carbocycles. The van der Waals surface area contributed by atoms with Gasteiger partial charge in [-0.15, -0.1) is 0 Å². The first kappa shape index (κ1) is 23.0. The van der Waals surface area contributed by atoms with Gasteiger partial charge in [-0.05, 0) is 47.4 Å². The van der Waals surface area contributed by atoms with Gasteiger partial charge in [-0.2, -0.15) is 5.10 Å². The van der Waals surface area contributed by atoms with E-state index < -0.39 is 0 Å². The molecule has 35 heavy (non-hydrogen) atoms. The van der Waals surface area contributed by atoms with Crippen molar-refractivity contribution in [3.8, 4) is 33.5 Å². The van der Waals surface area contributed by atoms with Gasteiger partial charge in [0.05, 0.1) is 18.1 Å². The SMILES string of the molecule is CCn1cc(-c2cccc(-c3ccc(CN4CCOCC4)cc3)c2)c(-c2ccc([N+](=O)[O-])cc2)n1. The van der Waals surface area contributed by atoms with Crippen LogP contribution in [0.5, 0.6) is 0 Å². The van der Waals surface area contributed by atoms with Crippen molar-refractivity contribution in [1.82, 2.24) is 14.7 Å². The summed E-state index contributed by atoms with van der Waals surface area (Å²) >= 11 is 0. The Bertz CT molecular complexity index is 1310. The fraction of sp³-hybridized carbons (Fsp3) is 0.250. The van der Waals surface area contributed by atoms with Gasteiger partial charge in [0.15, 0.2) is 0 Å². The zero-order valence-corrected chi connectivity index (χ0v) is 19.8. The van der Waals surface area contributed by atoms with E-state index in [1.54, 1.807) is 12.1 Å². The van der Waals surface area contributed by atoms with E-state index in [2.05, 4.69) is 53.4 Å². The minimum atomic E-state index is -0.384. The molecule has 0 unspecified atom stereocenters. The van der Waals surface area contributed by atoms with Crippen molar-refractivity contribution in [3.63, 3.8) is 0 Å². The van der Waals surface area contributed by atoms with Gasteiger partial charge in [-0.3, -0.25) is 19.7 Å². The van der Waals surface area contributed by atoms with E-state index in [0.717, 1.165) is 72.9 Å². The molecular formula is C28H28N4O3. The number of hydrogen-bond acceptors (Lipinski definition) is 5. The lowest BCUT2D eigenvalue weighted by Gasteiger charge is -2.26. The topological polar surface area (TPSA) is 73.4 Å². The Morgan fingerprint density at radius 3 is 2.29 bits per heavy atom. The van der Waals surface area contributed by atoms with E-state index in [4.69, 9.17) is 9.84 Å². The van der Waals surface area contributed by atoms with Crippen LogP contribution in [0, 0.1) is 10.1 Å². The van der Waals surface area contributed by atoms with Gasteiger partial charge in [-0.25, -0.2) is 0 Å². The van der Waals surface area contributed by atoms with Gasteiger partial charge in [-0.1, -0.05) is 42.5 Å². The molecule has 1 fully saturated rings. The van der Waals surface area contributed by atoms with E-state index in [9.17, 15) is 10.1 Å². The largest absolute Gasteiger partial charge is 0.379 e. The first-order valence-corrected chi connectivity index (χ1v) is 11.9. The minimum Gasteiger partial charge on any atom is -0.379 e. The van der Waals surface area contributed by atoms with E-state index in [1.807, 2.05) is 17.8 Å². The number of non-ortho nitro benzene ring substituents is 1. The van der Waals surface area contributed by atoms with Crippen LogP contribution in [-0.2, 0) is 17.8 Å². The predicted octanol–water partition coefficient (Wildman–Crippen LogP) is 5.64. The van der Waals surface area contributed by atoms with Crippen molar-refractivity contribution in [3.05, 3.63) is 94.7 Å². The highest BCUT2D eigenvalue weighted by molar-refractivity contribution is 5.83. The molecule has 0 atom stereocenters. The van der Waals surface area contributed by atoms with Crippen LogP contribution in [0.4, 0.5) is 5.69 Å². The lowest BCUT2D eigenvalue weighted by Crippen LogP contribution is -2.35. The van der Waals surface area contributed by atoms with Crippen LogP contribution in [0.3, 0.4) is 0 Å². The maximum atomic E-state index is 11.1. The standard InChI is InChI=1S/C28H28N4O3/c1-2-31-20-27(28(29-31)23-10-12-26(13-11-23)32(33)34)25-5-3-4-24(18-25)22-8-6-21(7-9-22)19-30-14-16-35-17-15-30/h3-13,18,20H,2,14-17,19H2,1H3. The average Bonchev–Trinajstić information content (AvgIpc) is 3.35. The highest BCUT2D eigenvalue weighted by Gasteiger charge is 2.15. The second-order valence-electron chi connectivity index (χ2n) is 8.72. The number of nitro groups is 1. The van der Waals surface area contributed by atoms with Crippen LogP contribution >= 0.6 is 0 Å². The van der Waals surface area contributed by atoms with Crippen molar-refractivity contribution < 1.29 is 9.66 Å². The molecule has 5 rings (SSSR count). The number of hydrogen-bond donors (Lipinski definition) is 0. The Morgan fingerprint density at radius 1 is 0.914 bits per heavy atom. The molecule has 0 bridgehead atoms. The highest BCUT2D eigenvalue weighted by atomic mass is 16.6. The maximum absolute atomic E-state index is 11.1. The summed E-state index contributed by atoms with van der Waals surface area (Å²) in [6, 6.07) is 23.8. The van der Waals surface area contributed by atoms with E-state index in [1.165, 1.54) is 17.7 Å². The molecule has 0 spiro atoms. The fourth-order valence-corrected chi connectivity index (χ4v) is 4.44. The van der Waals surface area contributed by atoms with Crippen LogP contribution in [-0.4, -0.2) is 45.9 Å². The monoisotopic (exact) mass is 468 g/mol. The molecular weight excluding hydrogens is 440 g/mol. The van der Waals surface area contributed by atoms with E-state index >= 15 is 0 Å². The van der Waals surface area contributed by atoms with Crippen LogP contribution in [0.1, 0.15) is 12.5 Å². The zero-order valence-electron chi connectivity index (χ0n) is 19.8. The van der Waals surface area contributed by atoms with Gasteiger partial charge in [0.25, 0.3) is 5.69 Å². The molecule has 2 heterocycles. The third kappa shape index (κ3) is 5.16. The summed E-state index contributed by atoms with van der Waals surface area (Å²) in [4.78, 5) is 13.1. The Labute approximate surface area is 204 Å². The van der Waals surface area contributed by atoms with Crippen molar-refractivity contribution >= 4 is 5.69 Å². The fourth-order valence-electron chi connectivity index (χ4n) is 4.44. The predicted molar refractivity (Wildman–Crippen MR) is 137 cm³/mol. The third-order valence-electron chi connectivity index (χ3n) is 6.41. The highest BCUT2D eigenvalue weighted by Crippen LogP contribution is 2.34. The molecule has 1 saturated heterocycles. The quantitative estimate of drug-likeness (QED) is 0.259. The summed E-state index contributed by atoms with van der Waals surface area (Å²) in [7, 11) is 0. The van der Waals surface area contributed by atoms with Gasteiger partial charge in [0.2, 0.25) is 0 Å². The molecule has 178 valence electrons. The third-order valence-corrected chi connectivity index (χ3v) is 6.41. The Morgan fingerprint density at radius 2 is 1.60 bits per heavy atom. The Kier molecular flexibility index (Phi) is 6.70. The molecule has 1 aromatic heterocycles. The van der Waals surface area contributed by atoms with Crippen molar-refractivity contribution in [2.24, 2.45) is 0 Å². The molecule has 3 aromatic carbocycles. The second kappa shape index (κ2) is 10.2. The Hall–Kier alpha value is -3.81. The molecule has 1 aliphatic heterocycles. The molecule has 0 N–H and O–H groups in total. The van der Waals surface area contributed by atoms with Crippen molar-refractivity contribution in [2.45, 2.75) is 20.0 Å². The number of nitro benzene ring substituents is 1. The van der Waals surface area contributed by atoms with Crippen molar-refractivity contribution in [2.75, 3.05) is 26.3 Å². The van der Waals surface area contributed by atoms with Gasteiger partial charge >= 0.3 is 0 Å². The van der Waals surface area contributed by atoms with Crippen LogP contribution in [0.2, 0.25) is 0 Å². The number of nitrogens with zero attached hydrogens (tertiary/aromatic N) is 4. The summed E-state index contributed by atoms with van der Waals surface area (Å²) in [5, 5.41) is 15.8. The zero-order chi connectivity index (χ0) is 24.2. The van der Waals surface area contributed by atoms with E-state index in [0.29, 0.717) is 0 Å². The van der Waals surface area contributed by atoms with Crippen LogP contribution < -0.4 is 0 Å². The number of ether oxygens (including phenoxy) is 1. The molecule has 0 radical (unpaired) electrons. The summed E-state index contributed by atoms with van der Waals surface area (Å²) in [6.45, 7) is 7.30. The molecule has 0 saturated carbocycles. The summed E-state index contributed by atoms with van der Waals surface area (Å²) in [5.41, 5.74) is 7.42. The van der Waals surface area contributed by atoms with Crippen molar-refractivity contribution in [1.29, 1.82) is 0 Å². The average molecular weight is 469 g/mol. The maximum Gasteiger partial charge on any atom is 0.269 e. The first-order chi connectivity index (χ1) is 17.1. The summed E-state index contributed by atoms with van der Waals surface area (Å²) in [6.07, 6.45) is 2.04. The number of aryl methyl sites for hydroxylation is 1. The van der Waals surface area contributed by atoms with Crippen LogP contribution in [0.15, 0.2) is 79.0 Å². The summed E-state index contributed by atoms with van der Waals surface area (Å²) < 4.78 is 7.35. The molecule has 4 aromatic rings. The van der Waals surface area contributed by atoms with Gasteiger partial charge in [0, 0.05) is 55.6 Å². The van der Waals surface area contributed by atoms with Gasteiger partial charge in [0.1, 0.15) is 5.69 Å². The van der Waals surface area contributed by atoms with Gasteiger partial charge < -0.3 is 4.74 Å². The second-order valence-corrected chi connectivity index (χ2v) is 8.72. The minimum absolute atomic E-state index is 0.0734. The van der Waals surface area contributed by atoms with E-state index in [-0.39, 0.29) is 10.6 Å². The molecule has 0 amide bonds. The molecule has 7 heteroatoms. The van der Waals surface area contributed by atoms with Crippen LogP contribution in [0.25, 0.3) is 33.5 Å². The first-order valence-electron chi connectivity index (χ1n) is 11.9. The smallest absolute Gasteiger partial charge is 0.269 e. The number of rotatable bonds is 7. The lowest BCUT2D eigenvalue weighted by molar-refractivity contribution is -0.384. The number of benzene rings is 3. The molecule has 1 aliphatic rings. The summed E-state index contributed by atoms with van der Waals surface area (Å²) in [5.74, 6) is 0. The number of morpholine rings is 1. The Balaban J connectivity index is 1.42. The number of aromatic nitrogens is 2. The lowest BCUT2D eigenvalue weighted by atomic mass is 9.97. The molecule has 7 nitrogen and oxygen atoms in total.